The zero-order valence-corrected chi connectivity index (χ0v) is 13.5. The van der Waals surface area contributed by atoms with Gasteiger partial charge in [0.05, 0.1) is 6.54 Å². The predicted molar refractivity (Wildman–Crippen MR) is 85.3 cm³/mol. The molecule has 2 N–H and O–H groups in total. The van der Waals surface area contributed by atoms with Gasteiger partial charge in [-0.25, -0.2) is 0 Å². The summed E-state index contributed by atoms with van der Waals surface area (Å²) in [4.78, 5) is 26.7. The smallest absolute Gasteiger partial charge is 0.242 e. The fourth-order valence-corrected chi connectivity index (χ4v) is 4.43. The van der Waals surface area contributed by atoms with Crippen LogP contribution in [0.5, 0.6) is 0 Å². The average Bonchev–Trinajstić information content (AvgIpc) is 2.73. The lowest BCUT2D eigenvalue weighted by atomic mass is 9.78. The Kier molecular flexibility index (Phi) is 5.34. The summed E-state index contributed by atoms with van der Waals surface area (Å²) in [6, 6.07) is 0.262. The highest BCUT2D eigenvalue weighted by Gasteiger charge is 2.34. The van der Waals surface area contributed by atoms with Crippen molar-refractivity contribution in [2.75, 3.05) is 19.6 Å². The summed E-state index contributed by atoms with van der Waals surface area (Å²) in [7, 11) is 0. The maximum Gasteiger partial charge on any atom is 0.242 e. The number of piperidine rings is 1. The molecule has 5 heteroatoms. The summed E-state index contributed by atoms with van der Waals surface area (Å²) in [6.07, 6.45) is 10.5. The lowest BCUT2D eigenvalue weighted by Gasteiger charge is -2.43. The molecular weight excluding hydrogens is 278 g/mol. The Labute approximate surface area is 133 Å². The third kappa shape index (κ3) is 3.80. The lowest BCUT2D eigenvalue weighted by molar-refractivity contribution is -0.130. The molecule has 0 aromatic heterocycles. The third-order valence-electron chi connectivity index (χ3n) is 5.58. The van der Waals surface area contributed by atoms with Gasteiger partial charge in [0.2, 0.25) is 11.8 Å². The Morgan fingerprint density at radius 3 is 2.77 bits per heavy atom. The minimum absolute atomic E-state index is 0.0139. The topological polar surface area (TPSA) is 61.4 Å². The molecule has 0 aromatic carbocycles. The molecule has 2 heterocycles. The van der Waals surface area contributed by atoms with Gasteiger partial charge in [-0.3, -0.25) is 14.5 Å². The highest BCUT2D eigenvalue weighted by Crippen LogP contribution is 2.34. The van der Waals surface area contributed by atoms with Crippen molar-refractivity contribution in [2.45, 2.75) is 69.9 Å². The first-order chi connectivity index (χ1) is 10.7. The molecule has 124 valence electrons. The fourth-order valence-electron chi connectivity index (χ4n) is 4.43. The van der Waals surface area contributed by atoms with E-state index in [2.05, 4.69) is 15.5 Å². The molecule has 0 radical (unpaired) electrons. The van der Waals surface area contributed by atoms with Crippen LogP contribution in [-0.4, -0.2) is 48.4 Å². The van der Waals surface area contributed by atoms with E-state index < -0.39 is 0 Å². The van der Waals surface area contributed by atoms with Crippen LogP contribution >= 0.6 is 0 Å². The summed E-state index contributed by atoms with van der Waals surface area (Å²) in [5.74, 6) is 0.796. The second kappa shape index (κ2) is 7.44. The van der Waals surface area contributed by atoms with E-state index in [9.17, 15) is 9.59 Å². The normalized spacial score (nSPS) is 33.5. The van der Waals surface area contributed by atoms with Gasteiger partial charge in [0.25, 0.3) is 0 Å². The van der Waals surface area contributed by atoms with Crippen molar-refractivity contribution in [3.8, 4) is 0 Å². The van der Waals surface area contributed by atoms with E-state index in [0.29, 0.717) is 12.6 Å². The third-order valence-corrected chi connectivity index (χ3v) is 5.58. The van der Waals surface area contributed by atoms with E-state index in [4.69, 9.17) is 0 Å². The van der Waals surface area contributed by atoms with E-state index in [1.807, 2.05) is 0 Å². The van der Waals surface area contributed by atoms with E-state index in [0.717, 1.165) is 38.3 Å². The van der Waals surface area contributed by atoms with Crippen molar-refractivity contribution in [1.29, 1.82) is 0 Å². The standard InChI is InChI=1S/C17H29N3O2/c21-16(19-14-8-3-4-10-18-17(14)22)12-20-11-5-7-13-6-1-2-9-15(13)20/h13-15H,1-12H2,(H,18,22)(H,19,21)/t13-,14+,15-/m0/s1. The zero-order valence-electron chi connectivity index (χ0n) is 13.5. The summed E-state index contributed by atoms with van der Waals surface area (Å²) in [5, 5.41) is 5.84. The van der Waals surface area contributed by atoms with Gasteiger partial charge in [0, 0.05) is 12.6 Å². The number of likely N-dealkylation sites (tertiary alicyclic amines) is 1. The van der Waals surface area contributed by atoms with Crippen molar-refractivity contribution in [3.05, 3.63) is 0 Å². The van der Waals surface area contributed by atoms with Gasteiger partial charge in [0.1, 0.15) is 6.04 Å². The summed E-state index contributed by atoms with van der Waals surface area (Å²) >= 11 is 0. The number of hydrogen-bond acceptors (Lipinski definition) is 3. The largest absolute Gasteiger partial charge is 0.354 e. The van der Waals surface area contributed by atoms with Crippen LogP contribution < -0.4 is 10.6 Å². The van der Waals surface area contributed by atoms with Crippen molar-refractivity contribution in [3.63, 3.8) is 0 Å². The molecule has 0 unspecified atom stereocenters. The number of nitrogens with zero attached hydrogens (tertiary/aromatic N) is 1. The number of carbonyl (C=O) groups is 2. The lowest BCUT2D eigenvalue weighted by Crippen LogP contribution is -2.53. The van der Waals surface area contributed by atoms with Crippen molar-refractivity contribution in [2.24, 2.45) is 5.92 Å². The van der Waals surface area contributed by atoms with Crippen LogP contribution in [0.25, 0.3) is 0 Å². The molecule has 3 fully saturated rings. The number of hydrogen-bond donors (Lipinski definition) is 2. The molecule has 1 aliphatic carbocycles. The molecule has 0 bridgehead atoms. The van der Waals surface area contributed by atoms with Crippen LogP contribution in [0.15, 0.2) is 0 Å². The monoisotopic (exact) mass is 307 g/mol. The number of carbonyl (C=O) groups excluding carboxylic acids is 2. The Hall–Kier alpha value is -1.10. The van der Waals surface area contributed by atoms with E-state index in [1.165, 1.54) is 38.5 Å². The summed E-state index contributed by atoms with van der Waals surface area (Å²) in [5.41, 5.74) is 0. The van der Waals surface area contributed by atoms with Gasteiger partial charge in [-0.05, 0) is 57.4 Å². The van der Waals surface area contributed by atoms with Crippen LogP contribution in [0.3, 0.4) is 0 Å². The molecule has 2 amide bonds. The predicted octanol–water partition coefficient (Wildman–Crippen LogP) is 1.43. The zero-order chi connectivity index (χ0) is 15.4. The van der Waals surface area contributed by atoms with Crippen LogP contribution in [0.1, 0.15) is 57.8 Å². The Morgan fingerprint density at radius 1 is 1.09 bits per heavy atom. The Bertz CT molecular complexity index is 411. The molecule has 3 rings (SSSR count). The maximum absolute atomic E-state index is 12.4. The number of fused-ring (bicyclic) bond motifs is 1. The molecule has 0 spiro atoms. The van der Waals surface area contributed by atoms with Gasteiger partial charge in [-0.15, -0.1) is 0 Å². The number of amides is 2. The molecule has 3 aliphatic rings. The average molecular weight is 307 g/mol. The van der Waals surface area contributed by atoms with Gasteiger partial charge in [0.15, 0.2) is 0 Å². The minimum Gasteiger partial charge on any atom is -0.354 e. The first-order valence-corrected chi connectivity index (χ1v) is 9.05. The molecule has 5 nitrogen and oxygen atoms in total. The first kappa shape index (κ1) is 15.8. The molecule has 2 saturated heterocycles. The molecule has 0 aromatic rings. The molecular formula is C17H29N3O2. The van der Waals surface area contributed by atoms with Crippen molar-refractivity contribution >= 4 is 11.8 Å². The highest BCUT2D eigenvalue weighted by molar-refractivity contribution is 5.88. The van der Waals surface area contributed by atoms with E-state index >= 15 is 0 Å². The van der Waals surface area contributed by atoms with Crippen LogP contribution in [0.2, 0.25) is 0 Å². The maximum atomic E-state index is 12.4. The molecule has 22 heavy (non-hydrogen) atoms. The second-order valence-corrected chi connectivity index (χ2v) is 7.13. The fraction of sp³-hybridized carbons (Fsp3) is 0.882. The van der Waals surface area contributed by atoms with Gasteiger partial charge >= 0.3 is 0 Å². The van der Waals surface area contributed by atoms with Gasteiger partial charge < -0.3 is 10.6 Å². The summed E-state index contributed by atoms with van der Waals surface area (Å²) in [6.45, 7) is 2.23. The molecule has 2 aliphatic heterocycles. The SMILES string of the molecule is O=C(CN1CCC[C@@H]2CCCC[C@@H]21)N[C@@H]1CCCCNC1=O. The van der Waals surface area contributed by atoms with Crippen LogP contribution in [-0.2, 0) is 9.59 Å². The minimum atomic E-state index is -0.332. The Balaban J connectivity index is 1.53. The number of nitrogens with one attached hydrogen (secondary N) is 2. The van der Waals surface area contributed by atoms with Crippen molar-refractivity contribution in [1.82, 2.24) is 15.5 Å². The highest BCUT2D eigenvalue weighted by atomic mass is 16.2. The number of rotatable bonds is 3. The first-order valence-electron chi connectivity index (χ1n) is 9.05. The Morgan fingerprint density at radius 2 is 1.86 bits per heavy atom. The second-order valence-electron chi connectivity index (χ2n) is 7.13. The van der Waals surface area contributed by atoms with E-state index in [1.54, 1.807) is 0 Å². The summed E-state index contributed by atoms with van der Waals surface area (Å²) < 4.78 is 0. The molecule has 3 atom stereocenters. The van der Waals surface area contributed by atoms with Crippen LogP contribution in [0, 0.1) is 5.92 Å². The van der Waals surface area contributed by atoms with Crippen molar-refractivity contribution < 1.29 is 9.59 Å². The van der Waals surface area contributed by atoms with Gasteiger partial charge in [-0.2, -0.15) is 0 Å². The molecule has 1 saturated carbocycles. The van der Waals surface area contributed by atoms with E-state index in [-0.39, 0.29) is 17.9 Å². The quantitative estimate of drug-likeness (QED) is 0.829. The van der Waals surface area contributed by atoms with Gasteiger partial charge in [-0.1, -0.05) is 12.8 Å². The van der Waals surface area contributed by atoms with Crippen LogP contribution in [0.4, 0.5) is 0 Å².